The van der Waals surface area contributed by atoms with Crippen LogP contribution in [0.1, 0.15) is 30.0 Å². The number of amides is 3. The Kier molecular flexibility index (Phi) is 11.8. The minimum Gasteiger partial charge on any atom is -0.395 e. The topological polar surface area (TPSA) is 189 Å². The van der Waals surface area contributed by atoms with Crippen LogP contribution in [-0.4, -0.2) is 107 Å². The van der Waals surface area contributed by atoms with Gasteiger partial charge < -0.3 is 54.2 Å². The van der Waals surface area contributed by atoms with Gasteiger partial charge in [-0.05, 0) is 54.6 Å². The van der Waals surface area contributed by atoms with Crippen LogP contribution >= 0.6 is 15.9 Å². The molecular weight excluding hydrogens is 785 g/mol. The molecule has 3 heterocycles. The maximum atomic E-state index is 16.4. The quantitative estimate of drug-likeness (QED) is 0.124. The second-order valence-corrected chi connectivity index (χ2v) is 19.4. The van der Waals surface area contributed by atoms with E-state index < -0.39 is 74.1 Å². The average Bonchev–Trinajstić information content (AvgIpc) is 3.55. The van der Waals surface area contributed by atoms with Crippen molar-refractivity contribution in [2.75, 3.05) is 23.4 Å². The number of halogens is 2. The summed E-state index contributed by atoms with van der Waals surface area (Å²) < 4.78 is 28.9. The van der Waals surface area contributed by atoms with Crippen molar-refractivity contribution in [3.05, 3.63) is 94.0 Å². The second kappa shape index (κ2) is 15.9. The minimum absolute atomic E-state index is 0.0832. The number of hydrogen-bond acceptors (Lipinski definition) is 10. The summed E-state index contributed by atoms with van der Waals surface area (Å²) in [6.45, 7) is 5.12. The van der Waals surface area contributed by atoms with Gasteiger partial charge in [-0.15, -0.1) is 0 Å². The molecule has 9 atom stereocenters. The van der Waals surface area contributed by atoms with Crippen LogP contribution in [0.2, 0.25) is 18.6 Å². The van der Waals surface area contributed by atoms with E-state index in [9.17, 15) is 39.9 Å². The fraction of sp³-hybridized carbons (Fsp3) is 0.447. The van der Waals surface area contributed by atoms with Crippen LogP contribution in [0.25, 0.3) is 0 Å². The number of rotatable bonds is 11. The number of nitrogens with one attached hydrogen (secondary N) is 1. The third-order valence-corrected chi connectivity index (χ3v) is 13.6. The Morgan fingerprint density at radius 3 is 2.31 bits per heavy atom. The van der Waals surface area contributed by atoms with Gasteiger partial charge in [-0.2, -0.15) is 0 Å². The summed E-state index contributed by atoms with van der Waals surface area (Å²) in [6.07, 6.45) is -9.97. The number of carbonyl (C=O) groups excluding carboxylic acids is 3. The number of ether oxygens (including phenoxy) is 2. The molecule has 0 aliphatic carbocycles. The molecule has 0 aromatic heterocycles. The molecule has 54 heavy (non-hydrogen) atoms. The molecule has 1 spiro atoms. The van der Waals surface area contributed by atoms with E-state index in [4.69, 9.17) is 9.47 Å². The van der Waals surface area contributed by atoms with Gasteiger partial charge in [0.15, 0.2) is 18.0 Å². The van der Waals surface area contributed by atoms with Gasteiger partial charge in [0.1, 0.15) is 18.3 Å². The lowest BCUT2D eigenvalue weighted by Crippen LogP contribution is -2.60. The number of hydrogen-bond donors (Lipinski definition) is 6. The van der Waals surface area contributed by atoms with Gasteiger partial charge >= 0.3 is 0 Å². The third kappa shape index (κ3) is 7.63. The predicted molar refractivity (Wildman–Crippen MR) is 201 cm³/mol. The molecule has 3 aromatic carbocycles. The molecule has 3 aliphatic heterocycles. The lowest BCUT2D eigenvalue weighted by Gasteiger charge is -2.37. The fourth-order valence-electron chi connectivity index (χ4n) is 8.06. The Labute approximate surface area is 321 Å². The molecule has 2 saturated heterocycles. The Balaban J connectivity index is 1.24. The highest BCUT2D eigenvalue weighted by Gasteiger charge is 2.67. The molecule has 3 amide bonds. The van der Waals surface area contributed by atoms with Gasteiger partial charge in [-0.3, -0.25) is 14.4 Å². The van der Waals surface area contributed by atoms with E-state index >= 15 is 4.11 Å². The second-order valence-electron chi connectivity index (χ2n) is 14.7. The van der Waals surface area contributed by atoms with Gasteiger partial charge in [0.2, 0.25) is 14.3 Å². The molecular formula is C38H45BrFN3O10Si. The van der Waals surface area contributed by atoms with Gasteiger partial charge in [-0.25, -0.2) is 0 Å². The largest absolute Gasteiger partial charge is 0.395 e. The van der Waals surface area contributed by atoms with Gasteiger partial charge in [-0.1, -0.05) is 65.3 Å². The highest BCUT2D eigenvalue weighted by molar-refractivity contribution is 9.10. The zero-order chi connectivity index (χ0) is 39.1. The van der Waals surface area contributed by atoms with Crippen molar-refractivity contribution in [3.63, 3.8) is 0 Å². The van der Waals surface area contributed by atoms with E-state index in [1.54, 1.807) is 60.5 Å². The summed E-state index contributed by atoms with van der Waals surface area (Å²) in [4.78, 5) is 44.6. The van der Waals surface area contributed by atoms with Crippen LogP contribution in [-0.2, 0) is 42.5 Å². The molecule has 13 nitrogen and oxygen atoms in total. The summed E-state index contributed by atoms with van der Waals surface area (Å²) in [5.41, 5.74) is 0.683. The normalized spacial score (nSPS) is 29.4. The molecule has 6 rings (SSSR count). The van der Waals surface area contributed by atoms with E-state index in [0.29, 0.717) is 27.0 Å². The number of aliphatic hydroxyl groups excluding tert-OH is 5. The maximum absolute atomic E-state index is 16.4. The Morgan fingerprint density at radius 1 is 0.981 bits per heavy atom. The standard InChI is InChI=1S/C38H45BrFN3O10Si/c1-21-34(54(2,3)40)28(18-29(45)42(15-16-44)19-22-7-5-4-6-8-22)53-38(21)26-17-24(39)11-14-27(26)43(37(38)51)20-23-9-12-25(13-10-23)41-35(49)33-31(47)30(46)32(48)36(50)52-33/h4-14,17,21,28,30-34,36,44,46-48,50H,15-16,18-20H2,1-3H3,(H,41,49)/t21-,28+,30-,31-,32+,33-,34-,36+,38+/m0/s1. The zero-order valence-electron chi connectivity index (χ0n) is 30.0. The first-order chi connectivity index (χ1) is 25.6. The number of carbonyl (C=O) groups is 3. The summed E-state index contributed by atoms with van der Waals surface area (Å²) in [5.74, 6) is -2.20. The van der Waals surface area contributed by atoms with Crippen LogP contribution in [0.3, 0.4) is 0 Å². The van der Waals surface area contributed by atoms with Gasteiger partial charge in [0.25, 0.3) is 11.8 Å². The SMILES string of the molecule is C[C@H]1[C@H]([Si](C)(C)F)[C@@H](CC(=O)N(CCO)Cc2ccccc2)O[C@]12C(=O)N(Cc1ccc(NC(=O)[C@H]3O[C@@H](O)[C@H](O)[C@@H](O)[C@@H]3O)cc1)c1ccc(Br)cc12. The van der Waals surface area contributed by atoms with E-state index in [-0.39, 0.29) is 38.6 Å². The Bertz CT molecular complexity index is 1850. The van der Waals surface area contributed by atoms with E-state index in [1.165, 1.54) is 4.90 Å². The Hall–Kier alpha value is -3.58. The van der Waals surface area contributed by atoms with Crippen LogP contribution in [0, 0.1) is 5.92 Å². The molecule has 3 aromatic rings. The van der Waals surface area contributed by atoms with E-state index in [1.807, 2.05) is 37.3 Å². The van der Waals surface area contributed by atoms with Gasteiger partial charge in [0, 0.05) is 40.3 Å². The molecule has 290 valence electrons. The monoisotopic (exact) mass is 829 g/mol. The lowest BCUT2D eigenvalue weighted by molar-refractivity contribution is -0.274. The van der Waals surface area contributed by atoms with Crippen molar-refractivity contribution in [3.8, 4) is 0 Å². The molecule has 0 saturated carbocycles. The summed E-state index contributed by atoms with van der Waals surface area (Å²) in [5, 5.41) is 52.1. The molecule has 2 fully saturated rings. The summed E-state index contributed by atoms with van der Waals surface area (Å²) in [7, 11) is -3.57. The van der Waals surface area contributed by atoms with E-state index in [0.717, 1.165) is 5.56 Å². The molecule has 6 N–H and O–H groups in total. The fourth-order valence-corrected chi connectivity index (χ4v) is 10.9. The first kappa shape index (κ1) is 40.1. The number of benzene rings is 3. The number of nitrogens with zero attached hydrogens (tertiary/aromatic N) is 2. The average molecular weight is 831 g/mol. The highest BCUT2D eigenvalue weighted by Crippen LogP contribution is 2.60. The third-order valence-electron chi connectivity index (χ3n) is 10.6. The van der Waals surface area contributed by atoms with Crippen molar-refractivity contribution >= 4 is 53.4 Å². The predicted octanol–water partition coefficient (Wildman–Crippen LogP) is 2.92. The summed E-state index contributed by atoms with van der Waals surface area (Å²) in [6, 6.07) is 21.3. The molecule has 0 unspecified atom stereocenters. The van der Waals surface area contributed by atoms with Crippen LogP contribution < -0.4 is 10.2 Å². The maximum Gasteiger partial charge on any atom is 0.264 e. The molecule has 3 aliphatic rings. The first-order valence-electron chi connectivity index (χ1n) is 17.8. The van der Waals surface area contributed by atoms with Crippen LogP contribution in [0.5, 0.6) is 0 Å². The number of fused-ring (bicyclic) bond motifs is 2. The number of aliphatic hydroxyl groups is 5. The summed E-state index contributed by atoms with van der Waals surface area (Å²) >= 11 is 3.53. The lowest BCUT2D eigenvalue weighted by atomic mass is 9.82. The van der Waals surface area contributed by atoms with Crippen molar-refractivity contribution in [2.24, 2.45) is 5.92 Å². The zero-order valence-corrected chi connectivity index (χ0v) is 32.6. The Morgan fingerprint density at radius 2 is 1.67 bits per heavy atom. The van der Waals surface area contributed by atoms with Gasteiger partial charge in [0.05, 0.1) is 31.4 Å². The van der Waals surface area contributed by atoms with Crippen molar-refractivity contribution in [1.29, 1.82) is 0 Å². The smallest absolute Gasteiger partial charge is 0.264 e. The molecule has 16 heteroatoms. The van der Waals surface area contributed by atoms with Crippen molar-refractivity contribution in [1.82, 2.24) is 4.90 Å². The van der Waals surface area contributed by atoms with Crippen molar-refractivity contribution < 1.29 is 53.5 Å². The van der Waals surface area contributed by atoms with Crippen LogP contribution in [0.15, 0.2) is 77.3 Å². The van der Waals surface area contributed by atoms with Crippen LogP contribution in [0.4, 0.5) is 15.5 Å². The van der Waals surface area contributed by atoms with E-state index in [2.05, 4.69) is 21.2 Å². The number of anilines is 2. The minimum atomic E-state index is -3.57. The van der Waals surface area contributed by atoms with Crippen molar-refractivity contribution in [2.45, 2.75) is 87.5 Å². The highest BCUT2D eigenvalue weighted by atomic mass is 79.9. The first-order valence-corrected chi connectivity index (χ1v) is 21.5. The molecule has 0 bridgehead atoms. The molecule has 0 radical (unpaired) electrons.